The Hall–Kier alpha value is -3.04. The van der Waals surface area contributed by atoms with Gasteiger partial charge in [-0.05, 0) is 43.2 Å². The van der Waals surface area contributed by atoms with E-state index < -0.39 is 0 Å². The molecule has 2 aromatic carbocycles. The van der Waals surface area contributed by atoms with Crippen molar-refractivity contribution in [2.45, 2.75) is 24.1 Å². The van der Waals surface area contributed by atoms with E-state index >= 15 is 0 Å². The second-order valence-corrected chi connectivity index (χ2v) is 8.58. The SMILES string of the molecule is CC(=O)c1ccc(NC(=O)CSc2nnc(NC(=O)CCc3ccccc3)s2)cc1. The number of Topliss-reactive ketones (excluding diaryl/α,β-unsaturated/α-hetero) is 1. The van der Waals surface area contributed by atoms with Gasteiger partial charge in [0.2, 0.25) is 16.9 Å². The first-order chi connectivity index (χ1) is 14.5. The maximum absolute atomic E-state index is 12.1. The van der Waals surface area contributed by atoms with Crippen LogP contribution in [0.2, 0.25) is 0 Å². The molecule has 0 aliphatic carbocycles. The lowest BCUT2D eigenvalue weighted by Crippen LogP contribution is -2.14. The number of hydrogen-bond acceptors (Lipinski definition) is 7. The quantitative estimate of drug-likeness (QED) is 0.296. The van der Waals surface area contributed by atoms with Gasteiger partial charge in [-0.1, -0.05) is 53.4 Å². The Morgan fingerprint density at radius 2 is 1.67 bits per heavy atom. The molecule has 0 saturated heterocycles. The van der Waals surface area contributed by atoms with Gasteiger partial charge in [-0.25, -0.2) is 0 Å². The second-order valence-electron chi connectivity index (χ2n) is 6.38. The van der Waals surface area contributed by atoms with Gasteiger partial charge in [0.25, 0.3) is 0 Å². The highest BCUT2D eigenvalue weighted by Gasteiger charge is 2.11. The third-order valence-corrected chi connectivity index (χ3v) is 6.01. The highest BCUT2D eigenvalue weighted by molar-refractivity contribution is 8.01. The van der Waals surface area contributed by atoms with Gasteiger partial charge in [-0.3, -0.25) is 14.4 Å². The molecule has 3 rings (SSSR count). The molecule has 0 atom stereocenters. The maximum Gasteiger partial charge on any atom is 0.234 e. The van der Waals surface area contributed by atoms with Crippen molar-refractivity contribution in [3.05, 3.63) is 65.7 Å². The number of hydrogen-bond donors (Lipinski definition) is 2. The van der Waals surface area contributed by atoms with E-state index in [1.54, 1.807) is 24.3 Å². The van der Waals surface area contributed by atoms with E-state index in [9.17, 15) is 14.4 Å². The molecule has 30 heavy (non-hydrogen) atoms. The molecular formula is C21H20N4O3S2. The number of carbonyl (C=O) groups is 3. The van der Waals surface area contributed by atoms with Crippen LogP contribution in [0.15, 0.2) is 58.9 Å². The number of ketones is 1. The van der Waals surface area contributed by atoms with Gasteiger partial charge < -0.3 is 10.6 Å². The maximum atomic E-state index is 12.1. The van der Waals surface area contributed by atoms with Crippen molar-refractivity contribution in [1.29, 1.82) is 0 Å². The summed E-state index contributed by atoms with van der Waals surface area (Å²) in [7, 11) is 0. The number of aryl methyl sites for hydroxylation is 1. The number of aromatic nitrogens is 2. The summed E-state index contributed by atoms with van der Waals surface area (Å²) in [4.78, 5) is 35.4. The molecule has 0 unspecified atom stereocenters. The Morgan fingerprint density at radius 1 is 0.933 bits per heavy atom. The Morgan fingerprint density at radius 3 is 2.37 bits per heavy atom. The highest BCUT2D eigenvalue weighted by atomic mass is 32.2. The fraction of sp³-hybridized carbons (Fsp3) is 0.190. The molecule has 1 aromatic heterocycles. The number of carbonyl (C=O) groups excluding carboxylic acids is 3. The van der Waals surface area contributed by atoms with Crippen LogP contribution >= 0.6 is 23.1 Å². The molecule has 0 saturated carbocycles. The fourth-order valence-electron chi connectivity index (χ4n) is 2.52. The molecule has 9 heteroatoms. The Balaban J connectivity index is 1.41. The molecule has 1 heterocycles. The summed E-state index contributed by atoms with van der Waals surface area (Å²) in [6.07, 6.45) is 1.01. The fourth-order valence-corrected chi connectivity index (χ4v) is 4.08. The first-order valence-corrected chi connectivity index (χ1v) is 11.0. The smallest absolute Gasteiger partial charge is 0.234 e. The minimum absolute atomic E-state index is 0.0253. The molecule has 2 N–H and O–H groups in total. The number of anilines is 2. The molecule has 0 aliphatic rings. The van der Waals surface area contributed by atoms with Crippen molar-refractivity contribution in [3.63, 3.8) is 0 Å². The van der Waals surface area contributed by atoms with E-state index in [1.807, 2.05) is 30.3 Å². The summed E-state index contributed by atoms with van der Waals surface area (Å²) in [5, 5.41) is 13.9. The van der Waals surface area contributed by atoms with Crippen LogP contribution in [0.1, 0.15) is 29.3 Å². The zero-order valence-corrected chi connectivity index (χ0v) is 17.9. The summed E-state index contributed by atoms with van der Waals surface area (Å²) in [6, 6.07) is 16.5. The number of nitrogens with zero attached hydrogens (tertiary/aromatic N) is 2. The van der Waals surface area contributed by atoms with E-state index in [0.717, 1.165) is 5.56 Å². The first-order valence-electron chi connectivity index (χ1n) is 9.20. The van der Waals surface area contributed by atoms with Gasteiger partial charge in [-0.15, -0.1) is 10.2 Å². The second kappa shape index (κ2) is 10.7. The van der Waals surface area contributed by atoms with E-state index in [4.69, 9.17) is 0 Å². The van der Waals surface area contributed by atoms with Crippen molar-refractivity contribution in [2.75, 3.05) is 16.4 Å². The van der Waals surface area contributed by atoms with Gasteiger partial charge in [0.1, 0.15) is 0 Å². The monoisotopic (exact) mass is 440 g/mol. The number of rotatable bonds is 9. The number of amides is 2. The average Bonchev–Trinajstić information content (AvgIpc) is 3.19. The van der Waals surface area contributed by atoms with Crippen molar-refractivity contribution < 1.29 is 14.4 Å². The normalized spacial score (nSPS) is 10.4. The number of benzene rings is 2. The van der Waals surface area contributed by atoms with Crippen LogP contribution in [0, 0.1) is 0 Å². The van der Waals surface area contributed by atoms with E-state index in [-0.39, 0.29) is 23.4 Å². The molecular weight excluding hydrogens is 420 g/mol. The largest absolute Gasteiger partial charge is 0.325 e. The van der Waals surface area contributed by atoms with E-state index in [0.29, 0.717) is 33.6 Å². The molecule has 154 valence electrons. The molecule has 0 radical (unpaired) electrons. The molecule has 3 aromatic rings. The number of nitrogens with one attached hydrogen (secondary N) is 2. The average molecular weight is 441 g/mol. The molecule has 7 nitrogen and oxygen atoms in total. The predicted molar refractivity (Wildman–Crippen MR) is 119 cm³/mol. The Bertz CT molecular complexity index is 1020. The van der Waals surface area contributed by atoms with E-state index in [2.05, 4.69) is 20.8 Å². The van der Waals surface area contributed by atoms with Crippen LogP contribution in [0.3, 0.4) is 0 Å². The number of thioether (sulfide) groups is 1. The van der Waals surface area contributed by atoms with Crippen molar-refractivity contribution in [1.82, 2.24) is 10.2 Å². The van der Waals surface area contributed by atoms with Crippen LogP contribution < -0.4 is 10.6 Å². The molecule has 0 aliphatic heterocycles. The lowest BCUT2D eigenvalue weighted by Gasteiger charge is -2.04. The molecule has 0 fully saturated rings. The predicted octanol–water partition coefficient (Wildman–Crippen LogP) is 4.04. The summed E-state index contributed by atoms with van der Waals surface area (Å²) < 4.78 is 0.593. The van der Waals surface area contributed by atoms with Gasteiger partial charge in [0.15, 0.2) is 10.1 Å². The zero-order chi connectivity index (χ0) is 21.3. The molecule has 2 amide bonds. The van der Waals surface area contributed by atoms with Gasteiger partial charge in [0, 0.05) is 17.7 Å². The van der Waals surface area contributed by atoms with Crippen LogP contribution in [0.25, 0.3) is 0 Å². The van der Waals surface area contributed by atoms with Crippen molar-refractivity contribution in [2.24, 2.45) is 0 Å². The van der Waals surface area contributed by atoms with Gasteiger partial charge in [0.05, 0.1) is 5.75 Å². The summed E-state index contributed by atoms with van der Waals surface area (Å²) in [6.45, 7) is 1.49. The molecule has 0 bridgehead atoms. The Kier molecular flexibility index (Phi) is 7.69. The third kappa shape index (κ3) is 6.78. The summed E-state index contributed by atoms with van der Waals surface area (Å²) in [5.74, 6) is -0.189. The lowest BCUT2D eigenvalue weighted by molar-refractivity contribution is -0.116. The first kappa shape index (κ1) is 21.7. The standard InChI is InChI=1S/C21H20N4O3S2/c1-14(26)16-8-10-17(11-9-16)22-19(28)13-29-21-25-24-20(30-21)23-18(27)12-7-15-5-3-2-4-6-15/h2-6,8-11H,7,12-13H2,1H3,(H,22,28)(H,23,24,27). The van der Waals surface area contributed by atoms with Crippen molar-refractivity contribution in [3.8, 4) is 0 Å². The zero-order valence-electron chi connectivity index (χ0n) is 16.3. The van der Waals surface area contributed by atoms with Crippen LogP contribution in [-0.4, -0.2) is 33.5 Å². The van der Waals surface area contributed by atoms with Gasteiger partial charge in [-0.2, -0.15) is 0 Å². The van der Waals surface area contributed by atoms with Crippen LogP contribution in [0.4, 0.5) is 10.8 Å². The highest BCUT2D eigenvalue weighted by Crippen LogP contribution is 2.25. The minimum Gasteiger partial charge on any atom is -0.325 e. The van der Waals surface area contributed by atoms with E-state index in [1.165, 1.54) is 30.0 Å². The topological polar surface area (TPSA) is 101 Å². The summed E-state index contributed by atoms with van der Waals surface area (Å²) in [5.41, 5.74) is 2.31. The Labute approximate surface area is 182 Å². The van der Waals surface area contributed by atoms with Crippen molar-refractivity contribution >= 4 is 51.5 Å². The van der Waals surface area contributed by atoms with Crippen LogP contribution in [-0.2, 0) is 16.0 Å². The molecule has 0 spiro atoms. The lowest BCUT2D eigenvalue weighted by atomic mass is 10.1. The van der Waals surface area contributed by atoms with Crippen LogP contribution in [0.5, 0.6) is 0 Å². The minimum atomic E-state index is -0.195. The van der Waals surface area contributed by atoms with Gasteiger partial charge >= 0.3 is 0 Å². The third-order valence-electron chi connectivity index (χ3n) is 4.04. The summed E-state index contributed by atoms with van der Waals surface area (Å²) >= 11 is 2.47.